The lowest BCUT2D eigenvalue weighted by Gasteiger charge is -2.22. The molecule has 0 aromatic carbocycles. The molecule has 0 bridgehead atoms. The molecule has 15 heavy (non-hydrogen) atoms. The highest BCUT2D eigenvalue weighted by Crippen LogP contribution is 2.17. The van der Waals surface area contributed by atoms with Crippen molar-refractivity contribution >= 4 is 17.7 Å². The van der Waals surface area contributed by atoms with Crippen LogP contribution in [0.5, 0.6) is 0 Å². The van der Waals surface area contributed by atoms with Crippen LogP contribution in [-0.4, -0.2) is 29.5 Å². The zero-order valence-electron chi connectivity index (χ0n) is 9.50. The summed E-state index contributed by atoms with van der Waals surface area (Å²) in [4.78, 5) is 11.6. The van der Waals surface area contributed by atoms with E-state index in [-0.39, 0.29) is 5.91 Å². The van der Waals surface area contributed by atoms with E-state index in [4.69, 9.17) is 5.73 Å². The van der Waals surface area contributed by atoms with Gasteiger partial charge < -0.3 is 11.1 Å². The Bertz CT molecular complexity index is 193. The Hall–Kier alpha value is -0.220. The summed E-state index contributed by atoms with van der Waals surface area (Å²) in [5.74, 6) is 0.724. The molecule has 1 aliphatic rings. The van der Waals surface area contributed by atoms with Crippen molar-refractivity contribution in [2.75, 3.05) is 12.3 Å². The van der Waals surface area contributed by atoms with Gasteiger partial charge in [0.05, 0.1) is 5.75 Å². The number of nitrogens with one attached hydrogen (secondary N) is 1. The quantitative estimate of drug-likeness (QED) is 0.753. The van der Waals surface area contributed by atoms with E-state index < -0.39 is 0 Å². The number of hydrogen-bond donors (Lipinski definition) is 2. The molecule has 1 rings (SSSR count). The van der Waals surface area contributed by atoms with Crippen molar-refractivity contribution in [3.8, 4) is 0 Å². The van der Waals surface area contributed by atoms with Crippen LogP contribution < -0.4 is 11.1 Å². The van der Waals surface area contributed by atoms with Crippen LogP contribution in [0.15, 0.2) is 0 Å². The van der Waals surface area contributed by atoms with Crippen molar-refractivity contribution < 1.29 is 4.79 Å². The summed E-state index contributed by atoms with van der Waals surface area (Å²) in [6.07, 6.45) is 6.16. The summed E-state index contributed by atoms with van der Waals surface area (Å²) in [5, 5.41) is 3.47. The zero-order chi connectivity index (χ0) is 11.1. The van der Waals surface area contributed by atoms with Gasteiger partial charge in [-0.3, -0.25) is 4.79 Å². The second kappa shape index (κ2) is 7.12. The largest absolute Gasteiger partial charge is 0.353 e. The van der Waals surface area contributed by atoms with Crippen molar-refractivity contribution in [3.05, 3.63) is 0 Å². The Labute approximate surface area is 96.6 Å². The summed E-state index contributed by atoms with van der Waals surface area (Å²) in [5.41, 5.74) is 5.49. The highest BCUT2D eigenvalue weighted by atomic mass is 32.2. The van der Waals surface area contributed by atoms with Gasteiger partial charge in [-0.1, -0.05) is 26.2 Å². The van der Waals surface area contributed by atoms with E-state index in [1.165, 1.54) is 19.3 Å². The van der Waals surface area contributed by atoms with Crippen LogP contribution in [0.2, 0.25) is 0 Å². The fourth-order valence-corrected chi connectivity index (χ4v) is 2.46. The number of carbonyl (C=O) groups is 1. The highest BCUT2D eigenvalue weighted by Gasteiger charge is 2.15. The predicted molar refractivity (Wildman–Crippen MR) is 66.0 cm³/mol. The molecule has 1 fully saturated rings. The average Bonchev–Trinajstić information content (AvgIpc) is 2.27. The van der Waals surface area contributed by atoms with Gasteiger partial charge in [-0.2, -0.15) is 0 Å². The number of carbonyl (C=O) groups excluding carboxylic acids is 1. The van der Waals surface area contributed by atoms with Gasteiger partial charge in [0.15, 0.2) is 0 Å². The lowest BCUT2D eigenvalue weighted by atomic mass is 9.95. The van der Waals surface area contributed by atoms with E-state index in [1.807, 2.05) is 0 Å². The van der Waals surface area contributed by atoms with Crippen molar-refractivity contribution in [1.29, 1.82) is 0 Å². The van der Waals surface area contributed by atoms with E-state index >= 15 is 0 Å². The van der Waals surface area contributed by atoms with E-state index in [1.54, 1.807) is 11.8 Å². The number of amides is 1. The number of nitrogens with two attached hydrogens (primary N) is 1. The molecule has 0 saturated heterocycles. The van der Waals surface area contributed by atoms with Crippen LogP contribution in [0.25, 0.3) is 0 Å². The van der Waals surface area contributed by atoms with Crippen LogP contribution in [0, 0.1) is 0 Å². The van der Waals surface area contributed by atoms with Gasteiger partial charge in [-0.15, -0.1) is 11.8 Å². The van der Waals surface area contributed by atoms with Crippen LogP contribution in [0.3, 0.4) is 0 Å². The SMILES string of the molecule is CC(CN)SCC(=O)NC1CCCCC1. The second-order valence-electron chi connectivity index (χ2n) is 4.26. The maximum atomic E-state index is 11.6. The van der Waals surface area contributed by atoms with E-state index in [2.05, 4.69) is 12.2 Å². The minimum absolute atomic E-state index is 0.173. The molecule has 0 spiro atoms. The molecule has 0 aliphatic heterocycles. The van der Waals surface area contributed by atoms with Crippen molar-refractivity contribution in [1.82, 2.24) is 5.32 Å². The summed E-state index contributed by atoms with van der Waals surface area (Å²) < 4.78 is 0. The van der Waals surface area contributed by atoms with Crippen molar-refractivity contribution in [2.45, 2.75) is 50.3 Å². The second-order valence-corrected chi connectivity index (χ2v) is 5.69. The standard InChI is InChI=1S/C11H22N2OS/c1-9(7-12)15-8-11(14)13-10-5-3-2-4-6-10/h9-10H,2-8,12H2,1H3,(H,13,14). The third kappa shape index (κ3) is 5.42. The Morgan fingerprint density at radius 3 is 2.73 bits per heavy atom. The fraction of sp³-hybridized carbons (Fsp3) is 0.909. The molecule has 1 amide bonds. The molecule has 0 radical (unpaired) electrons. The molecule has 1 atom stereocenters. The Morgan fingerprint density at radius 1 is 1.47 bits per heavy atom. The fourth-order valence-electron chi connectivity index (χ4n) is 1.80. The molecule has 0 aromatic heterocycles. The Balaban J connectivity index is 2.11. The molecule has 1 saturated carbocycles. The molecule has 1 aliphatic carbocycles. The minimum atomic E-state index is 0.173. The number of rotatable bonds is 5. The number of hydrogen-bond acceptors (Lipinski definition) is 3. The summed E-state index contributed by atoms with van der Waals surface area (Å²) >= 11 is 1.64. The van der Waals surface area contributed by atoms with Crippen LogP contribution >= 0.6 is 11.8 Å². The zero-order valence-corrected chi connectivity index (χ0v) is 10.3. The van der Waals surface area contributed by atoms with Gasteiger partial charge in [0.25, 0.3) is 0 Å². The molecule has 0 aromatic rings. The maximum Gasteiger partial charge on any atom is 0.230 e. The first-order valence-corrected chi connectivity index (χ1v) is 6.88. The highest BCUT2D eigenvalue weighted by molar-refractivity contribution is 8.00. The topological polar surface area (TPSA) is 55.1 Å². The minimum Gasteiger partial charge on any atom is -0.353 e. The van der Waals surface area contributed by atoms with Crippen molar-refractivity contribution in [3.63, 3.8) is 0 Å². The van der Waals surface area contributed by atoms with Crippen molar-refractivity contribution in [2.24, 2.45) is 5.73 Å². The first-order valence-electron chi connectivity index (χ1n) is 5.83. The normalized spacial score (nSPS) is 19.9. The first-order chi connectivity index (χ1) is 7.22. The number of thioether (sulfide) groups is 1. The molecular weight excluding hydrogens is 208 g/mol. The molecule has 3 N–H and O–H groups in total. The molecule has 1 unspecified atom stereocenters. The summed E-state index contributed by atoms with van der Waals surface area (Å²) in [7, 11) is 0. The third-order valence-electron chi connectivity index (χ3n) is 2.80. The first kappa shape index (κ1) is 12.8. The predicted octanol–water partition coefficient (Wildman–Crippen LogP) is 1.52. The summed E-state index contributed by atoms with van der Waals surface area (Å²) in [6, 6.07) is 0.431. The van der Waals surface area contributed by atoms with E-state index in [9.17, 15) is 4.79 Å². The Morgan fingerprint density at radius 2 is 2.13 bits per heavy atom. The van der Waals surface area contributed by atoms with Crippen LogP contribution in [-0.2, 0) is 4.79 Å². The maximum absolute atomic E-state index is 11.6. The van der Waals surface area contributed by atoms with Gasteiger partial charge in [0.1, 0.15) is 0 Å². The average molecular weight is 230 g/mol. The molecule has 3 nitrogen and oxygen atoms in total. The molecule has 88 valence electrons. The van der Waals surface area contributed by atoms with E-state index in [0.29, 0.717) is 23.6 Å². The smallest absolute Gasteiger partial charge is 0.230 e. The van der Waals surface area contributed by atoms with Crippen LogP contribution in [0.1, 0.15) is 39.0 Å². The van der Waals surface area contributed by atoms with Gasteiger partial charge >= 0.3 is 0 Å². The third-order valence-corrected chi connectivity index (χ3v) is 3.99. The lowest BCUT2D eigenvalue weighted by Crippen LogP contribution is -2.37. The molecule has 4 heteroatoms. The van der Waals surface area contributed by atoms with Gasteiger partial charge in [-0.25, -0.2) is 0 Å². The Kier molecular flexibility index (Phi) is 6.10. The van der Waals surface area contributed by atoms with Gasteiger partial charge in [0.2, 0.25) is 5.91 Å². The molecule has 0 heterocycles. The van der Waals surface area contributed by atoms with Gasteiger partial charge in [-0.05, 0) is 12.8 Å². The monoisotopic (exact) mass is 230 g/mol. The summed E-state index contributed by atoms with van der Waals surface area (Å²) in [6.45, 7) is 2.69. The van der Waals surface area contributed by atoms with E-state index in [0.717, 1.165) is 12.8 Å². The van der Waals surface area contributed by atoms with Crippen LogP contribution in [0.4, 0.5) is 0 Å². The van der Waals surface area contributed by atoms with Gasteiger partial charge in [0, 0.05) is 17.8 Å². The molecular formula is C11H22N2OS. The lowest BCUT2D eigenvalue weighted by molar-refractivity contribution is -0.119.